The standard InChI is InChI=1S/C53H66N2O12S2/c1-10-11-26-55(27-28-68-69-41-24-18-19-25-54-41)49(60)65-43(32(2)36-20-14-12-15-21-36)48(59)64-38-30-53(61)46(66-47(58)37-22-16-13-17-23-37)44-51(8,45(57)34(4)42(33(38)3)50(53,6)7)39(62-9)29-40-52(44,31-63-40)67-35(5)56/h12-25,32,34,38-40,43-44,46,61H,10-11,26-31H2,1-9H3/t32-,34+,38?,39?,40+,43?,44-,46-,51?,52-,53+/m0/s1. The summed E-state index contributed by atoms with van der Waals surface area (Å²) in [6.45, 7) is 14.6. The molecule has 1 aromatic heterocycles. The number of pyridine rings is 1. The van der Waals surface area contributed by atoms with Crippen LogP contribution in [0.1, 0.15) is 103 Å². The summed E-state index contributed by atoms with van der Waals surface area (Å²) in [6.07, 6.45) is -3.34. The average Bonchev–Trinajstić information content (AvgIpc) is 3.33. The fraction of sp³-hybridized carbons (Fsp3) is 0.547. The Bertz CT molecular complexity index is 2370. The van der Waals surface area contributed by atoms with Crippen LogP contribution in [0.4, 0.5) is 4.79 Å². The van der Waals surface area contributed by atoms with Crippen LogP contribution in [-0.4, -0.2) is 119 Å². The van der Waals surface area contributed by atoms with Crippen molar-refractivity contribution in [3.8, 4) is 0 Å². The molecule has 16 heteroatoms. The third-order valence-corrected chi connectivity index (χ3v) is 17.5. The summed E-state index contributed by atoms with van der Waals surface area (Å²) in [5, 5.41) is 14.8. The number of carbonyl (C=O) groups is 5. The molecule has 2 saturated carbocycles. The van der Waals surface area contributed by atoms with Crippen LogP contribution in [0, 0.1) is 22.7 Å². The summed E-state index contributed by atoms with van der Waals surface area (Å²) in [5.41, 5.74) is -4.54. The molecule has 4 unspecified atom stereocenters. The summed E-state index contributed by atoms with van der Waals surface area (Å²) >= 11 is 0. The molecular formula is C53H66N2O12S2. The number of ether oxygens (including phenoxy) is 6. The Balaban J connectivity index is 1.29. The van der Waals surface area contributed by atoms with E-state index in [4.69, 9.17) is 28.4 Å². The maximum atomic E-state index is 15.7. The van der Waals surface area contributed by atoms with Crippen LogP contribution < -0.4 is 0 Å². The van der Waals surface area contributed by atoms with Gasteiger partial charge in [-0.25, -0.2) is 19.4 Å². The van der Waals surface area contributed by atoms with Crippen molar-refractivity contribution in [1.82, 2.24) is 9.88 Å². The molecule has 1 amide bonds. The first-order valence-corrected chi connectivity index (χ1v) is 26.2. The third kappa shape index (κ3) is 9.85. The highest BCUT2D eigenvalue weighted by molar-refractivity contribution is 8.76. The molecule has 2 aromatic carbocycles. The van der Waals surface area contributed by atoms with Crippen molar-refractivity contribution < 1.29 is 57.5 Å². The van der Waals surface area contributed by atoms with E-state index in [-0.39, 0.29) is 30.8 Å². The number of carbonyl (C=O) groups excluding carboxylic acids is 5. The largest absolute Gasteiger partial charge is 0.455 e. The van der Waals surface area contributed by atoms with Gasteiger partial charge >= 0.3 is 24.0 Å². The van der Waals surface area contributed by atoms with E-state index in [0.717, 1.165) is 17.0 Å². The summed E-state index contributed by atoms with van der Waals surface area (Å²) in [6, 6.07) is 23.2. The van der Waals surface area contributed by atoms with Gasteiger partial charge in [0, 0.05) is 69.2 Å². The van der Waals surface area contributed by atoms with E-state index in [1.165, 1.54) is 24.8 Å². The van der Waals surface area contributed by atoms with Crippen LogP contribution in [0.25, 0.3) is 0 Å². The molecule has 4 aliphatic rings. The number of hydrogen-bond acceptors (Lipinski definition) is 15. The molecule has 0 spiro atoms. The zero-order valence-electron chi connectivity index (χ0n) is 41.0. The lowest BCUT2D eigenvalue weighted by Gasteiger charge is -2.68. The van der Waals surface area contributed by atoms with Gasteiger partial charge in [-0.2, -0.15) is 0 Å². The molecule has 2 bridgehead atoms. The Kier molecular flexibility index (Phi) is 16.1. The van der Waals surface area contributed by atoms with Crippen molar-refractivity contribution >= 4 is 51.4 Å². The van der Waals surface area contributed by atoms with Gasteiger partial charge in [0.1, 0.15) is 34.7 Å². The number of benzene rings is 2. The number of Topliss-reactive ketones (excluding diaryl/α,β-unsaturated/α-hetero) is 1. The van der Waals surface area contributed by atoms with Crippen molar-refractivity contribution in [2.45, 2.75) is 134 Å². The lowest BCUT2D eigenvalue weighted by Crippen LogP contribution is -2.81. The number of unbranched alkanes of at least 4 members (excludes halogenated alkanes) is 1. The van der Waals surface area contributed by atoms with Gasteiger partial charge < -0.3 is 38.4 Å². The maximum Gasteiger partial charge on any atom is 0.410 e. The molecule has 11 atom stereocenters. The van der Waals surface area contributed by atoms with Gasteiger partial charge in [0.15, 0.2) is 5.60 Å². The van der Waals surface area contributed by atoms with Crippen molar-refractivity contribution in [3.05, 3.63) is 107 Å². The van der Waals surface area contributed by atoms with E-state index in [2.05, 4.69) is 4.98 Å². The number of aliphatic hydroxyl groups is 1. The second-order valence-corrected chi connectivity index (χ2v) is 22.0. The van der Waals surface area contributed by atoms with E-state index in [1.807, 2.05) is 55.5 Å². The summed E-state index contributed by atoms with van der Waals surface area (Å²) < 4.78 is 37.9. The summed E-state index contributed by atoms with van der Waals surface area (Å²) in [5.74, 6) is -4.81. The Morgan fingerprint density at radius 1 is 0.971 bits per heavy atom. The number of amides is 1. The van der Waals surface area contributed by atoms with E-state index in [1.54, 1.807) is 93.8 Å². The zero-order valence-corrected chi connectivity index (χ0v) is 42.6. The van der Waals surface area contributed by atoms with Crippen LogP contribution in [0.3, 0.4) is 0 Å². The normalized spacial score (nSPS) is 29.9. The van der Waals surface area contributed by atoms with Crippen molar-refractivity contribution in [3.63, 3.8) is 0 Å². The molecule has 3 aliphatic carbocycles. The minimum Gasteiger partial charge on any atom is -0.455 e. The highest BCUT2D eigenvalue weighted by Gasteiger charge is 2.78. The molecule has 14 nitrogen and oxygen atoms in total. The molecule has 69 heavy (non-hydrogen) atoms. The van der Waals surface area contributed by atoms with E-state index in [0.29, 0.717) is 36.4 Å². The topological polar surface area (TPSA) is 177 Å². The first-order valence-electron chi connectivity index (χ1n) is 23.8. The monoisotopic (exact) mass is 986 g/mol. The second kappa shape index (κ2) is 21.3. The Morgan fingerprint density at radius 3 is 2.26 bits per heavy atom. The van der Waals surface area contributed by atoms with Gasteiger partial charge in [-0.1, -0.05) is 106 Å². The number of fused-ring (bicyclic) bond motifs is 5. The van der Waals surface area contributed by atoms with Crippen LogP contribution in [-0.2, 0) is 42.8 Å². The van der Waals surface area contributed by atoms with Crippen LogP contribution >= 0.6 is 21.6 Å². The Labute approximate surface area is 413 Å². The summed E-state index contributed by atoms with van der Waals surface area (Å²) in [4.78, 5) is 78.6. The van der Waals surface area contributed by atoms with Gasteiger partial charge in [-0.15, -0.1) is 0 Å². The van der Waals surface area contributed by atoms with Gasteiger partial charge in [-0.3, -0.25) is 9.59 Å². The highest BCUT2D eigenvalue weighted by Crippen LogP contribution is 2.65. The van der Waals surface area contributed by atoms with E-state index in [9.17, 15) is 19.5 Å². The molecule has 2 heterocycles. The van der Waals surface area contributed by atoms with Gasteiger partial charge in [0.25, 0.3) is 0 Å². The third-order valence-electron chi connectivity index (χ3n) is 15.2. The zero-order chi connectivity index (χ0) is 49.9. The SMILES string of the molecule is CCCCN(CCSSc1ccccn1)C(=O)OC(C(=O)OC1C[C@@]2(O)[C@@H](OC(=O)c3ccccc3)[C@H]3C(C)(C(=O)[C@H](C)C(=C1C)C2(C)C)C(OC)C[C@H]1OC[C@]13OC(C)=O)[C@@H](C)c1ccccc1. The lowest BCUT2D eigenvalue weighted by molar-refractivity contribution is -0.346. The molecule has 7 rings (SSSR count). The number of aromatic nitrogens is 1. The maximum absolute atomic E-state index is 15.7. The molecule has 1 aliphatic heterocycles. The predicted molar refractivity (Wildman–Crippen MR) is 261 cm³/mol. The average molecular weight is 987 g/mol. The molecule has 0 radical (unpaired) electrons. The van der Waals surface area contributed by atoms with Gasteiger partial charge in [0.05, 0.1) is 29.6 Å². The predicted octanol–water partition coefficient (Wildman–Crippen LogP) is 8.81. The number of esters is 3. The molecule has 3 aromatic rings. The first kappa shape index (κ1) is 52.1. The fourth-order valence-corrected chi connectivity index (χ4v) is 13.4. The van der Waals surface area contributed by atoms with Crippen LogP contribution in [0.5, 0.6) is 0 Å². The Morgan fingerprint density at radius 2 is 1.65 bits per heavy atom. The van der Waals surface area contributed by atoms with Gasteiger partial charge in [0.2, 0.25) is 6.10 Å². The lowest BCUT2D eigenvalue weighted by atomic mass is 9.43. The number of methoxy groups -OCH3 is 1. The van der Waals surface area contributed by atoms with Crippen molar-refractivity contribution in [1.29, 1.82) is 0 Å². The second-order valence-electron chi connectivity index (χ2n) is 19.5. The molecule has 372 valence electrons. The minimum absolute atomic E-state index is 0.132. The highest BCUT2D eigenvalue weighted by atomic mass is 33.1. The van der Waals surface area contributed by atoms with E-state index < -0.39 is 94.3 Å². The van der Waals surface area contributed by atoms with Gasteiger partial charge in [-0.05, 0) is 72.0 Å². The quantitative estimate of drug-likeness (QED) is 0.0446. The number of hydrogen-bond donors (Lipinski definition) is 1. The van der Waals surface area contributed by atoms with E-state index >= 15 is 9.59 Å². The number of rotatable bonds is 17. The smallest absolute Gasteiger partial charge is 0.410 e. The van der Waals surface area contributed by atoms with Crippen molar-refractivity contribution in [2.75, 3.05) is 32.6 Å². The molecule has 1 saturated heterocycles. The fourth-order valence-electron chi connectivity index (χ4n) is 11.6. The van der Waals surface area contributed by atoms with Crippen LogP contribution in [0.15, 0.2) is 101 Å². The molecule has 3 fully saturated rings. The first-order chi connectivity index (χ1) is 32.8. The minimum atomic E-state index is -2.11. The van der Waals surface area contributed by atoms with Crippen LogP contribution in [0.2, 0.25) is 0 Å². The number of ketones is 1. The number of nitrogens with zero attached hydrogens (tertiary/aromatic N) is 2. The molecule has 1 N–H and O–H groups in total. The van der Waals surface area contributed by atoms with Crippen molar-refractivity contribution in [2.24, 2.45) is 22.7 Å². The molecular weight excluding hydrogens is 921 g/mol. The summed E-state index contributed by atoms with van der Waals surface area (Å²) in [7, 11) is 4.56. The Hall–Kier alpha value is -4.74.